The first kappa shape index (κ1) is 9.00. The smallest absolute Gasteiger partial charge is 0.103 e. The van der Waals surface area contributed by atoms with E-state index >= 15 is 0 Å². The van der Waals surface area contributed by atoms with Crippen LogP contribution in [0, 0.1) is 6.92 Å². The maximum atomic E-state index is 9.65. The third kappa shape index (κ3) is 1.56. The molecule has 0 aliphatic carbocycles. The first-order valence-corrected chi connectivity index (χ1v) is 3.87. The Morgan fingerprint density at radius 3 is 2.50 bits per heavy atom. The zero-order valence-electron chi connectivity index (χ0n) is 7.63. The summed E-state index contributed by atoms with van der Waals surface area (Å²) in [5, 5.41) is 9.65. The van der Waals surface area contributed by atoms with Gasteiger partial charge in [-0.3, -0.25) is 4.98 Å². The van der Waals surface area contributed by atoms with Gasteiger partial charge in [0.2, 0.25) is 0 Å². The number of anilines is 1. The van der Waals surface area contributed by atoms with Gasteiger partial charge in [0.25, 0.3) is 0 Å². The van der Waals surface area contributed by atoms with E-state index in [0.29, 0.717) is 11.4 Å². The van der Waals surface area contributed by atoms with E-state index < -0.39 is 5.60 Å². The van der Waals surface area contributed by atoms with E-state index in [4.69, 9.17) is 5.73 Å². The summed E-state index contributed by atoms with van der Waals surface area (Å²) in [6.45, 7) is 5.24. The van der Waals surface area contributed by atoms with Crippen LogP contribution in [0.3, 0.4) is 0 Å². The minimum atomic E-state index is -0.962. The molecule has 1 heterocycles. The standard InChI is InChI=1S/C9H14N2O/c1-6-4-5-11-8(7(6)10)9(2,3)12/h4-5,12H,10H2,1-3H3. The number of nitrogen functional groups attached to an aromatic ring is 1. The number of aromatic nitrogens is 1. The summed E-state index contributed by atoms with van der Waals surface area (Å²) in [5.41, 5.74) is 6.85. The maximum absolute atomic E-state index is 9.65. The van der Waals surface area contributed by atoms with Crippen LogP contribution < -0.4 is 5.73 Å². The van der Waals surface area contributed by atoms with E-state index in [0.717, 1.165) is 5.56 Å². The lowest BCUT2D eigenvalue weighted by molar-refractivity contribution is 0.0747. The van der Waals surface area contributed by atoms with Crippen LogP contribution in [0.15, 0.2) is 12.3 Å². The van der Waals surface area contributed by atoms with E-state index in [1.165, 1.54) is 0 Å². The summed E-state index contributed by atoms with van der Waals surface area (Å²) in [4.78, 5) is 4.04. The Labute approximate surface area is 72.2 Å². The molecule has 0 atom stereocenters. The highest BCUT2D eigenvalue weighted by atomic mass is 16.3. The Bertz CT molecular complexity index is 289. The van der Waals surface area contributed by atoms with E-state index in [1.807, 2.05) is 13.0 Å². The average molecular weight is 166 g/mol. The largest absolute Gasteiger partial charge is 0.397 e. The molecule has 3 N–H and O–H groups in total. The Balaban J connectivity index is 3.26. The number of aliphatic hydroxyl groups is 1. The molecule has 3 nitrogen and oxygen atoms in total. The molecule has 3 heteroatoms. The van der Waals surface area contributed by atoms with Gasteiger partial charge in [0.05, 0.1) is 11.4 Å². The van der Waals surface area contributed by atoms with E-state index in [9.17, 15) is 5.11 Å². The lowest BCUT2D eigenvalue weighted by Gasteiger charge is -2.19. The van der Waals surface area contributed by atoms with Gasteiger partial charge in [-0.15, -0.1) is 0 Å². The normalized spacial score (nSPS) is 11.7. The highest BCUT2D eigenvalue weighted by Crippen LogP contribution is 2.24. The van der Waals surface area contributed by atoms with Gasteiger partial charge < -0.3 is 10.8 Å². The van der Waals surface area contributed by atoms with Gasteiger partial charge in [-0.2, -0.15) is 0 Å². The van der Waals surface area contributed by atoms with Crippen LogP contribution in [0.25, 0.3) is 0 Å². The highest BCUT2D eigenvalue weighted by molar-refractivity contribution is 5.51. The van der Waals surface area contributed by atoms with Crippen molar-refractivity contribution in [1.29, 1.82) is 0 Å². The second kappa shape index (κ2) is 2.75. The zero-order valence-corrected chi connectivity index (χ0v) is 7.63. The molecule has 0 amide bonds. The molecule has 1 aromatic rings. The molecule has 0 bridgehead atoms. The molecule has 66 valence electrons. The molecule has 0 radical (unpaired) electrons. The lowest BCUT2D eigenvalue weighted by atomic mass is 10.0. The molecule has 0 aliphatic heterocycles. The molecule has 0 aromatic carbocycles. The number of nitrogens with zero attached hydrogens (tertiary/aromatic N) is 1. The predicted molar refractivity (Wildman–Crippen MR) is 48.6 cm³/mol. The number of rotatable bonds is 1. The van der Waals surface area contributed by atoms with E-state index in [-0.39, 0.29) is 0 Å². The Hall–Kier alpha value is -1.09. The van der Waals surface area contributed by atoms with Crippen LogP contribution in [0.4, 0.5) is 5.69 Å². The van der Waals surface area contributed by atoms with Crippen molar-refractivity contribution in [2.75, 3.05) is 5.73 Å². The van der Waals surface area contributed by atoms with Crippen molar-refractivity contribution in [3.8, 4) is 0 Å². The monoisotopic (exact) mass is 166 g/mol. The first-order chi connectivity index (χ1) is 5.43. The number of nitrogens with two attached hydrogens (primary N) is 1. The number of hydrogen-bond acceptors (Lipinski definition) is 3. The van der Waals surface area contributed by atoms with Crippen LogP contribution in [0.2, 0.25) is 0 Å². The van der Waals surface area contributed by atoms with Gasteiger partial charge in [-0.1, -0.05) is 0 Å². The SMILES string of the molecule is Cc1ccnc(C(C)(C)O)c1N. The second-order valence-corrected chi connectivity index (χ2v) is 3.45. The molecule has 12 heavy (non-hydrogen) atoms. The molecule has 1 aromatic heterocycles. The van der Waals surface area contributed by atoms with Crippen molar-refractivity contribution >= 4 is 5.69 Å². The molecule has 1 rings (SSSR count). The first-order valence-electron chi connectivity index (χ1n) is 3.87. The lowest BCUT2D eigenvalue weighted by Crippen LogP contribution is -2.20. The number of pyridine rings is 1. The van der Waals surface area contributed by atoms with E-state index in [2.05, 4.69) is 4.98 Å². The van der Waals surface area contributed by atoms with Crippen molar-refractivity contribution in [2.24, 2.45) is 0 Å². The third-order valence-electron chi connectivity index (χ3n) is 1.79. The fraction of sp³-hybridized carbons (Fsp3) is 0.444. The predicted octanol–water partition coefficient (Wildman–Crippen LogP) is 1.20. The Morgan fingerprint density at radius 1 is 1.50 bits per heavy atom. The van der Waals surface area contributed by atoms with Crippen LogP contribution in [-0.2, 0) is 5.60 Å². The fourth-order valence-electron chi connectivity index (χ4n) is 1.06. The average Bonchev–Trinajstić information content (AvgIpc) is 1.92. The number of hydrogen-bond donors (Lipinski definition) is 2. The molecule has 0 saturated heterocycles. The number of aryl methyl sites for hydroxylation is 1. The summed E-state index contributed by atoms with van der Waals surface area (Å²) < 4.78 is 0. The van der Waals surface area contributed by atoms with Gasteiger partial charge in [-0.25, -0.2) is 0 Å². The minimum absolute atomic E-state index is 0.544. The molecule has 0 spiro atoms. The molecule has 0 aliphatic rings. The van der Waals surface area contributed by atoms with Crippen LogP contribution in [0.1, 0.15) is 25.1 Å². The van der Waals surface area contributed by atoms with Crippen molar-refractivity contribution < 1.29 is 5.11 Å². The molecular formula is C9H14N2O. The van der Waals surface area contributed by atoms with Crippen molar-refractivity contribution in [1.82, 2.24) is 4.98 Å². The molecule has 0 unspecified atom stereocenters. The Kier molecular flexibility index (Phi) is 2.06. The zero-order chi connectivity index (χ0) is 9.35. The van der Waals surface area contributed by atoms with Crippen LogP contribution in [-0.4, -0.2) is 10.1 Å². The fourth-order valence-corrected chi connectivity index (χ4v) is 1.06. The van der Waals surface area contributed by atoms with Gasteiger partial charge in [0.15, 0.2) is 0 Å². The van der Waals surface area contributed by atoms with Gasteiger partial charge >= 0.3 is 0 Å². The van der Waals surface area contributed by atoms with Crippen molar-refractivity contribution in [3.63, 3.8) is 0 Å². The van der Waals surface area contributed by atoms with Gasteiger partial charge in [0.1, 0.15) is 5.60 Å². The highest BCUT2D eigenvalue weighted by Gasteiger charge is 2.21. The van der Waals surface area contributed by atoms with Crippen LogP contribution >= 0.6 is 0 Å². The maximum Gasteiger partial charge on any atom is 0.103 e. The second-order valence-electron chi connectivity index (χ2n) is 3.45. The quantitative estimate of drug-likeness (QED) is 0.659. The molecular weight excluding hydrogens is 152 g/mol. The summed E-state index contributed by atoms with van der Waals surface area (Å²) in [7, 11) is 0. The third-order valence-corrected chi connectivity index (χ3v) is 1.79. The summed E-state index contributed by atoms with van der Waals surface area (Å²) >= 11 is 0. The summed E-state index contributed by atoms with van der Waals surface area (Å²) in [5.74, 6) is 0. The summed E-state index contributed by atoms with van der Waals surface area (Å²) in [6, 6.07) is 1.82. The van der Waals surface area contributed by atoms with Gasteiger partial charge in [-0.05, 0) is 32.4 Å². The summed E-state index contributed by atoms with van der Waals surface area (Å²) in [6.07, 6.45) is 1.65. The Morgan fingerprint density at radius 2 is 2.08 bits per heavy atom. The minimum Gasteiger partial charge on any atom is -0.397 e. The topological polar surface area (TPSA) is 59.1 Å². The van der Waals surface area contributed by atoms with Gasteiger partial charge in [0, 0.05) is 6.20 Å². The molecule has 0 saturated carbocycles. The van der Waals surface area contributed by atoms with Crippen molar-refractivity contribution in [2.45, 2.75) is 26.4 Å². The van der Waals surface area contributed by atoms with Crippen LogP contribution in [0.5, 0.6) is 0 Å². The molecule has 0 fully saturated rings. The van der Waals surface area contributed by atoms with Crippen molar-refractivity contribution in [3.05, 3.63) is 23.5 Å². The van der Waals surface area contributed by atoms with E-state index in [1.54, 1.807) is 20.0 Å².